The van der Waals surface area contributed by atoms with Gasteiger partial charge in [0.1, 0.15) is 5.82 Å². The number of rotatable bonds is 4. The quantitative estimate of drug-likeness (QED) is 0.907. The van der Waals surface area contributed by atoms with Crippen LogP contribution in [0.4, 0.5) is 0 Å². The van der Waals surface area contributed by atoms with Crippen molar-refractivity contribution in [3.05, 3.63) is 36.2 Å². The van der Waals surface area contributed by atoms with Crippen molar-refractivity contribution in [1.82, 2.24) is 24.6 Å². The lowest BCUT2D eigenvalue weighted by Gasteiger charge is -2.32. The van der Waals surface area contributed by atoms with Gasteiger partial charge in [0.05, 0.1) is 6.54 Å². The zero-order valence-electron chi connectivity index (χ0n) is 11.4. The van der Waals surface area contributed by atoms with Crippen molar-refractivity contribution in [2.24, 2.45) is 13.0 Å². The smallest absolute Gasteiger partial charge is 0.122 e. The van der Waals surface area contributed by atoms with Crippen molar-refractivity contribution in [2.75, 3.05) is 13.1 Å². The molecule has 1 saturated heterocycles. The van der Waals surface area contributed by atoms with Crippen molar-refractivity contribution in [3.8, 4) is 0 Å². The van der Waals surface area contributed by atoms with Crippen molar-refractivity contribution < 1.29 is 0 Å². The molecule has 1 N–H and O–H groups in total. The first kappa shape index (κ1) is 12.4. The molecule has 102 valence electrons. The SMILES string of the molecule is Cn1ccnc1CN1CCCC(Cc2ccn[nH]2)C1. The lowest BCUT2D eigenvalue weighted by atomic mass is 9.93. The monoisotopic (exact) mass is 259 g/mol. The summed E-state index contributed by atoms with van der Waals surface area (Å²) >= 11 is 0. The zero-order valence-corrected chi connectivity index (χ0v) is 11.4. The number of hydrogen-bond donors (Lipinski definition) is 1. The molecule has 1 fully saturated rings. The molecule has 1 unspecified atom stereocenters. The summed E-state index contributed by atoms with van der Waals surface area (Å²) < 4.78 is 2.11. The molecule has 0 aromatic carbocycles. The van der Waals surface area contributed by atoms with Gasteiger partial charge in [-0.3, -0.25) is 10.00 Å². The van der Waals surface area contributed by atoms with Gasteiger partial charge < -0.3 is 4.57 Å². The summed E-state index contributed by atoms with van der Waals surface area (Å²) in [4.78, 5) is 6.94. The molecular formula is C14H21N5. The van der Waals surface area contributed by atoms with Crippen LogP contribution in [0.5, 0.6) is 0 Å². The van der Waals surface area contributed by atoms with Gasteiger partial charge in [-0.2, -0.15) is 5.10 Å². The van der Waals surface area contributed by atoms with Gasteiger partial charge in [0.2, 0.25) is 0 Å². The fraction of sp³-hybridized carbons (Fsp3) is 0.571. The van der Waals surface area contributed by atoms with E-state index in [1.54, 1.807) is 0 Å². The Labute approximate surface area is 113 Å². The first-order valence-electron chi connectivity index (χ1n) is 6.98. The van der Waals surface area contributed by atoms with Crippen LogP contribution in [0.1, 0.15) is 24.4 Å². The summed E-state index contributed by atoms with van der Waals surface area (Å²) in [6, 6.07) is 2.08. The first-order chi connectivity index (χ1) is 9.31. The third-order valence-corrected chi connectivity index (χ3v) is 3.96. The third kappa shape index (κ3) is 3.04. The number of H-pyrrole nitrogens is 1. The van der Waals surface area contributed by atoms with E-state index in [2.05, 4.69) is 37.8 Å². The summed E-state index contributed by atoms with van der Waals surface area (Å²) in [6.07, 6.45) is 9.43. The Morgan fingerprint density at radius 1 is 1.42 bits per heavy atom. The highest BCUT2D eigenvalue weighted by molar-refractivity contribution is 5.00. The Balaban J connectivity index is 1.57. The van der Waals surface area contributed by atoms with E-state index >= 15 is 0 Å². The molecule has 5 nitrogen and oxygen atoms in total. The summed E-state index contributed by atoms with van der Waals surface area (Å²) in [5.41, 5.74) is 1.25. The number of nitrogens with one attached hydrogen (secondary N) is 1. The molecular weight excluding hydrogens is 238 g/mol. The van der Waals surface area contributed by atoms with E-state index in [1.165, 1.54) is 25.1 Å². The minimum Gasteiger partial charge on any atom is -0.337 e. The minimum atomic E-state index is 0.731. The number of piperidine rings is 1. The number of nitrogens with zero attached hydrogens (tertiary/aromatic N) is 4. The number of aryl methyl sites for hydroxylation is 1. The van der Waals surface area contributed by atoms with Gasteiger partial charge in [-0.15, -0.1) is 0 Å². The molecule has 0 spiro atoms. The Morgan fingerprint density at radius 3 is 3.11 bits per heavy atom. The summed E-state index contributed by atoms with van der Waals surface area (Å²) in [5.74, 6) is 1.89. The van der Waals surface area contributed by atoms with Crippen LogP contribution in [-0.4, -0.2) is 37.7 Å². The Bertz CT molecular complexity index is 502. The van der Waals surface area contributed by atoms with Crippen LogP contribution in [-0.2, 0) is 20.0 Å². The van der Waals surface area contributed by atoms with E-state index in [1.807, 2.05) is 18.6 Å². The largest absolute Gasteiger partial charge is 0.337 e. The van der Waals surface area contributed by atoms with Gasteiger partial charge in [0.25, 0.3) is 0 Å². The Hall–Kier alpha value is -1.62. The van der Waals surface area contributed by atoms with Crippen molar-refractivity contribution >= 4 is 0 Å². The maximum Gasteiger partial charge on any atom is 0.122 e. The summed E-state index contributed by atoms with van der Waals surface area (Å²) in [5, 5.41) is 7.10. The topological polar surface area (TPSA) is 49.7 Å². The lowest BCUT2D eigenvalue weighted by molar-refractivity contribution is 0.161. The number of hydrogen-bond acceptors (Lipinski definition) is 3. The number of aromatic nitrogens is 4. The van der Waals surface area contributed by atoms with Crippen LogP contribution < -0.4 is 0 Å². The highest BCUT2D eigenvalue weighted by Crippen LogP contribution is 2.21. The molecule has 2 aromatic rings. The molecule has 5 heteroatoms. The van der Waals surface area contributed by atoms with E-state index in [-0.39, 0.29) is 0 Å². The van der Waals surface area contributed by atoms with Crippen LogP contribution in [0.15, 0.2) is 24.7 Å². The maximum absolute atomic E-state index is 4.42. The molecule has 0 radical (unpaired) electrons. The Kier molecular flexibility index (Phi) is 3.64. The van der Waals surface area contributed by atoms with E-state index in [0.717, 1.165) is 31.3 Å². The molecule has 0 bridgehead atoms. The predicted molar refractivity (Wildman–Crippen MR) is 73.5 cm³/mol. The molecule has 0 amide bonds. The normalized spacial score (nSPS) is 20.8. The second-order valence-corrected chi connectivity index (χ2v) is 5.48. The van der Waals surface area contributed by atoms with Crippen molar-refractivity contribution in [2.45, 2.75) is 25.8 Å². The second kappa shape index (κ2) is 5.57. The highest BCUT2D eigenvalue weighted by Gasteiger charge is 2.21. The average Bonchev–Trinajstić information content (AvgIpc) is 3.03. The average molecular weight is 259 g/mol. The van der Waals surface area contributed by atoms with Crippen LogP contribution in [0.3, 0.4) is 0 Å². The van der Waals surface area contributed by atoms with Crippen molar-refractivity contribution in [1.29, 1.82) is 0 Å². The Morgan fingerprint density at radius 2 is 2.37 bits per heavy atom. The third-order valence-electron chi connectivity index (χ3n) is 3.96. The fourth-order valence-electron chi connectivity index (χ4n) is 2.92. The fourth-order valence-corrected chi connectivity index (χ4v) is 2.92. The van der Waals surface area contributed by atoms with E-state index < -0.39 is 0 Å². The molecule has 0 aliphatic carbocycles. The maximum atomic E-state index is 4.42. The van der Waals surface area contributed by atoms with E-state index in [9.17, 15) is 0 Å². The van der Waals surface area contributed by atoms with Crippen LogP contribution in [0.25, 0.3) is 0 Å². The standard InChI is InChI=1S/C14H21N5/c1-18-8-6-15-14(18)11-19-7-2-3-12(10-19)9-13-4-5-16-17-13/h4-6,8,12H,2-3,7,9-11H2,1H3,(H,16,17). The predicted octanol–water partition coefficient (Wildman–Crippen LogP) is 1.60. The molecule has 1 atom stereocenters. The van der Waals surface area contributed by atoms with E-state index in [4.69, 9.17) is 0 Å². The van der Waals surface area contributed by atoms with Crippen LogP contribution in [0, 0.1) is 5.92 Å². The van der Waals surface area contributed by atoms with Gasteiger partial charge in [-0.1, -0.05) is 0 Å². The number of aromatic amines is 1. The van der Waals surface area contributed by atoms with Gasteiger partial charge in [-0.25, -0.2) is 4.98 Å². The highest BCUT2D eigenvalue weighted by atomic mass is 15.2. The molecule has 3 rings (SSSR count). The molecule has 3 heterocycles. The van der Waals surface area contributed by atoms with Crippen LogP contribution in [0.2, 0.25) is 0 Å². The van der Waals surface area contributed by atoms with Gasteiger partial charge in [0.15, 0.2) is 0 Å². The summed E-state index contributed by atoms with van der Waals surface area (Å²) in [7, 11) is 2.06. The van der Waals surface area contributed by atoms with Crippen molar-refractivity contribution in [3.63, 3.8) is 0 Å². The molecule has 0 saturated carbocycles. The molecule has 1 aliphatic heterocycles. The summed E-state index contributed by atoms with van der Waals surface area (Å²) in [6.45, 7) is 3.31. The molecule has 19 heavy (non-hydrogen) atoms. The molecule has 1 aliphatic rings. The van der Waals surface area contributed by atoms with Gasteiger partial charge >= 0.3 is 0 Å². The lowest BCUT2D eigenvalue weighted by Crippen LogP contribution is -2.36. The zero-order chi connectivity index (χ0) is 13.1. The van der Waals surface area contributed by atoms with Crippen LogP contribution >= 0.6 is 0 Å². The second-order valence-electron chi connectivity index (χ2n) is 5.48. The van der Waals surface area contributed by atoms with E-state index in [0.29, 0.717) is 0 Å². The molecule has 2 aromatic heterocycles. The number of imidazole rings is 1. The first-order valence-corrected chi connectivity index (χ1v) is 6.98. The van der Waals surface area contributed by atoms with Gasteiger partial charge in [0, 0.05) is 37.9 Å². The minimum absolute atomic E-state index is 0.731. The number of likely N-dealkylation sites (tertiary alicyclic amines) is 1. The van der Waals surface area contributed by atoms with Gasteiger partial charge in [-0.05, 0) is 37.8 Å².